The van der Waals surface area contributed by atoms with E-state index in [1.165, 1.54) is 20.3 Å². The molecule has 1 saturated carbocycles. The van der Waals surface area contributed by atoms with Crippen molar-refractivity contribution in [1.82, 2.24) is 9.97 Å². The molecule has 2 aromatic carbocycles. The van der Waals surface area contributed by atoms with Crippen molar-refractivity contribution in [2.45, 2.75) is 38.2 Å². The lowest BCUT2D eigenvalue weighted by molar-refractivity contribution is -0.111. The van der Waals surface area contributed by atoms with E-state index >= 15 is 0 Å². The lowest BCUT2D eigenvalue weighted by atomic mass is 10.1. The number of anilines is 4. The molecule has 1 aliphatic carbocycles. The van der Waals surface area contributed by atoms with Gasteiger partial charge >= 0.3 is 0 Å². The Balaban J connectivity index is 1.64. The van der Waals surface area contributed by atoms with Gasteiger partial charge in [-0.15, -0.1) is 0 Å². The Morgan fingerprint density at radius 1 is 1.14 bits per heavy atom. The number of pyridine rings is 2. The molecule has 0 radical (unpaired) electrons. The number of benzene rings is 2. The van der Waals surface area contributed by atoms with E-state index in [4.69, 9.17) is 37.7 Å². The molecule has 8 nitrogen and oxygen atoms in total. The SMILES string of the molecule is C=CC(=O)Nc1cccc(C)c1Nc1cc2c(NC3CCC(F)(F)C3)nc(-c3c(Cl)c(OC)cc(OC)c3Cl)cc2cn1. The van der Waals surface area contributed by atoms with Gasteiger partial charge in [0.05, 0.1) is 41.3 Å². The Bertz CT molecular complexity index is 1710. The van der Waals surface area contributed by atoms with Gasteiger partial charge in [-0.2, -0.15) is 0 Å². The van der Waals surface area contributed by atoms with Crippen LogP contribution in [0.15, 0.2) is 55.3 Å². The van der Waals surface area contributed by atoms with Crippen molar-refractivity contribution in [3.63, 3.8) is 0 Å². The first-order valence-electron chi connectivity index (χ1n) is 13.4. The van der Waals surface area contributed by atoms with Crippen LogP contribution in [-0.4, -0.2) is 42.1 Å². The summed E-state index contributed by atoms with van der Waals surface area (Å²) in [7, 11) is 2.95. The quantitative estimate of drug-likeness (QED) is 0.160. The molecule has 1 fully saturated rings. The van der Waals surface area contributed by atoms with Gasteiger partial charge in [-0.1, -0.05) is 41.9 Å². The summed E-state index contributed by atoms with van der Waals surface area (Å²) in [4.78, 5) is 21.4. The van der Waals surface area contributed by atoms with Gasteiger partial charge in [0.2, 0.25) is 11.8 Å². The van der Waals surface area contributed by atoms with Gasteiger partial charge in [-0.25, -0.2) is 18.7 Å². The lowest BCUT2D eigenvalue weighted by Gasteiger charge is -2.19. The number of nitrogens with one attached hydrogen (secondary N) is 3. The van der Waals surface area contributed by atoms with Crippen LogP contribution in [-0.2, 0) is 4.79 Å². The number of halogens is 4. The van der Waals surface area contributed by atoms with Gasteiger partial charge in [-0.05, 0) is 43.2 Å². The Hall–Kier alpha value is -4.15. The fourth-order valence-corrected chi connectivity index (χ4v) is 5.77. The second-order valence-electron chi connectivity index (χ2n) is 10.2. The molecule has 2 heterocycles. The fraction of sp³-hybridized carbons (Fsp3) is 0.258. The number of carbonyl (C=O) groups is 1. The maximum Gasteiger partial charge on any atom is 0.250 e. The summed E-state index contributed by atoms with van der Waals surface area (Å²) in [6.07, 6.45) is 2.57. The topological polar surface area (TPSA) is 97.4 Å². The van der Waals surface area contributed by atoms with E-state index in [0.29, 0.717) is 56.5 Å². The smallest absolute Gasteiger partial charge is 0.250 e. The van der Waals surface area contributed by atoms with E-state index in [0.717, 1.165) is 5.56 Å². The minimum absolute atomic E-state index is 0.214. The third-order valence-corrected chi connectivity index (χ3v) is 8.01. The van der Waals surface area contributed by atoms with Gasteiger partial charge < -0.3 is 25.4 Å². The average molecular weight is 629 g/mol. The van der Waals surface area contributed by atoms with Gasteiger partial charge in [0, 0.05) is 47.5 Å². The largest absolute Gasteiger partial charge is 0.495 e. The summed E-state index contributed by atoms with van der Waals surface area (Å²) in [6, 6.07) is 10.1. The molecule has 0 saturated heterocycles. The highest BCUT2D eigenvalue weighted by atomic mass is 35.5. The van der Waals surface area contributed by atoms with Crippen LogP contribution in [0.2, 0.25) is 10.0 Å². The van der Waals surface area contributed by atoms with Crippen LogP contribution in [0.3, 0.4) is 0 Å². The predicted molar refractivity (Wildman–Crippen MR) is 168 cm³/mol. The molecule has 4 aromatic rings. The Kier molecular flexibility index (Phi) is 8.62. The standard InChI is InChI=1S/C31H29Cl2F2N5O3/c1-5-25(41)38-20-8-6-7-16(2)29(20)40-24-12-19-17(15-36-24)11-21(39-30(19)37-18-9-10-31(34,35)14-18)26-27(32)22(42-3)13-23(43-4)28(26)33/h5-8,11-13,15,18H,1,9-10,14H2,2-4H3,(H,36,40)(H,37,39)(H,38,41). The van der Waals surface area contributed by atoms with Crippen molar-refractivity contribution >= 4 is 62.9 Å². The summed E-state index contributed by atoms with van der Waals surface area (Å²) < 4.78 is 39.1. The number of amides is 1. The second-order valence-corrected chi connectivity index (χ2v) is 10.9. The van der Waals surface area contributed by atoms with Gasteiger partial charge in [0.25, 0.3) is 0 Å². The molecule has 0 bridgehead atoms. The summed E-state index contributed by atoms with van der Waals surface area (Å²) in [6.45, 7) is 5.40. The monoisotopic (exact) mass is 627 g/mol. The van der Waals surface area contributed by atoms with Crippen LogP contribution in [0.5, 0.6) is 11.5 Å². The maximum absolute atomic E-state index is 14.1. The number of hydrogen-bond donors (Lipinski definition) is 3. The van der Waals surface area contributed by atoms with E-state index in [9.17, 15) is 13.6 Å². The normalized spacial score (nSPS) is 15.7. The van der Waals surface area contributed by atoms with Crippen molar-refractivity contribution in [2.24, 2.45) is 0 Å². The molecule has 0 spiro atoms. The van der Waals surface area contributed by atoms with E-state index in [1.54, 1.807) is 30.5 Å². The van der Waals surface area contributed by atoms with E-state index in [-0.39, 0.29) is 35.2 Å². The zero-order chi connectivity index (χ0) is 30.9. The zero-order valence-electron chi connectivity index (χ0n) is 23.7. The van der Waals surface area contributed by atoms with Crippen molar-refractivity contribution in [3.05, 3.63) is 70.9 Å². The van der Waals surface area contributed by atoms with Crippen LogP contribution in [0.4, 0.5) is 31.8 Å². The van der Waals surface area contributed by atoms with Crippen molar-refractivity contribution < 1.29 is 23.0 Å². The molecule has 1 unspecified atom stereocenters. The summed E-state index contributed by atoms with van der Waals surface area (Å²) in [5.41, 5.74) is 2.79. The number of rotatable bonds is 9. The summed E-state index contributed by atoms with van der Waals surface area (Å²) in [5.74, 6) is -1.64. The van der Waals surface area contributed by atoms with Gasteiger partial charge in [0.15, 0.2) is 0 Å². The van der Waals surface area contributed by atoms with Crippen LogP contribution in [0.1, 0.15) is 24.8 Å². The van der Waals surface area contributed by atoms with Crippen molar-refractivity contribution in [3.8, 4) is 22.8 Å². The first-order chi connectivity index (χ1) is 20.5. The number of para-hydroxylation sites is 1. The molecular formula is C31H29Cl2F2N5O3. The lowest BCUT2D eigenvalue weighted by Crippen LogP contribution is -2.20. The van der Waals surface area contributed by atoms with Crippen molar-refractivity contribution in [1.29, 1.82) is 0 Å². The van der Waals surface area contributed by atoms with Crippen LogP contribution < -0.4 is 25.4 Å². The Morgan fingerprint density at radius 3 is 2.49 bits per heavy atom. The van der Waals surface area contributed by atoms with E-state index in [2.05, 4.69) is 27.5 Å². The fourth-order valence-electron chi connectivity index (χ4n) is 5.08. The molecule has 224 valence electrons. The third-order valence-electron chi connectivity index (χ3n) is 7.26. The van der Waals surface area contributed by atoms with E-state index in [1.807, 2.05) is 19.1 Å². The molecular weight excluding hydrogens is 599 g/mol. The minimum atomic E-state index is -2.76. The number of carbonyl (C=O) groups excluding carboxylic acids is 1. The molecule has 2 aromatic heterocycles. The highest BCUT2D eigenvalue weighted by Crippen LogP contribution is 2.47. The number of ether oxygens (including phenoxy) is 2. The highest BCUT2D eigenvalue weighted by Gasteiger charge is 2.39. The molecule has 12 heteroatoms. The molecule has 5 rings (SSSR count). The van der Waals surface area contributed by atoms with Gasteiger partial charge in [-0.3, -0.25) is 4.79 Å². The zero-order valence-corrected chi connectivity index (χ0v) is 25.2. The van der Waals surface area contributed by atoms with E-state index < -0.39 is 12.0 Å². The number of aryl methyl sites for hydroxylation is 1. The predicted octanol–water partition coefficient (Wildman–Crippen LogP) is 8.40. The minimum Gasteiger partial charge on any atom is -0.495 e. The number of alkyl halides is 2. The van der Waals surface area contributed by atoms with Crippen molar-refractivity contribution in [2.75, 3.05) is 30.2 Å². The van der Waals surface area contributed by atoms with Crippen LogP contribution in [0, 0.1) is 6.92 Å². The number of fused-ring (bicyclic) bond motifs is 1. The summed E-state index contributed by atoms with van der Waals surface area (Å²) >= 11 is 13.4. The number of hydrogen-bond acceptors (Lipinski definition) is 7. The molecule has 1 amide bonds. The average Bonchev–Trinajstić information content (AvgIpc) is 3.32. The molecule has 3 N–H and O–H groups in total. The molecule has 0 aliphatic heterocycles. The molecule has 43 heavy (non-hydrogen) atoms. The first kappa shape index (κ1) is 30.3. The highest BCUT2D eigenvalue weighted by molar-refractivity contribution is 6.41. The summed E-state index contributed by atoms with van der Waals surface area (Å²) in [5, 5.41) is 11.0. The van der Waals surface area contributed by atoms with Gasteiger partial charge in [0.1, 0.15) is 23.1 Å². The number of aromatic nitrogens is 2. The van der Waals surface area contributed by atoms with Crippen LogP contribution in [0.25, 0.3) is 22.0 Å². The number of methoxy groups -OCH3 is 2. The maximum atomic E-state index is 14.1. The van der Waals surface area contributed by atoms with Crippen LogP contribution >= 0.6 is 23.2 Å². The molecule has 1 atom stereocenters. The Morgan fingerprint density at radius 2 is 1.86 bits per heavy atom. The third kappa shape index (κ3) is 6.30. The Labute approximate surface area is 257 Å². The number of nitrogens with zero attached hydrogens (tertiary/aromatic N) is 2. The second kappa shape index (κ2) is 12.2. The molecule has 1 aliphatic rings. The first-order valence-corrected chi connectivity index (χ1v) is 14.1.